The SMILES string of the molecule is COCc1cccc(C=C(C#N)C(=O)O)c1. The molecule has 4 heteroatoms. The molecule has 1 aromatic rings. The lowest BCUT2D eigenvalue weighted by Gasteiger charge is -2.00. The second kappa shape index (κ2) is 5.69. The first-order valence-electron chi connectivity index (χ1n) is 4.60. The molecule has 0 heterocycles. The van der Waals surface area contributed by atoms with E-state index >= 15 is 0 Å². The van der Waals surface area contributed by atoms with Crippen LogP contribution in [0.4, 0.5) is 0 Å². The van der Waals surface area contributed by atoms with Crippen LogP contribution in [-0.2, 0) is 16.1 Å². The smallest absolute Gasteiger partial charge is 0.346 e. The highest BCUT2D eigenvalue weighted by Gasteiger charge is 2.05. The molecule has 0 aromatic heterocycles. The molecule has 0 saturated heterocycles. The van der Waals surface area contributed by atoms with E-state index in [2.05, 4.69) is 0 Å². The Morgan fingerprint density at radius 3 is 2.94 bits per heavy atom. The highest BCUT2D eigenvalue weighted by atomic mass is 16.5. The van der Waals surface area contributed by atoms with Crippen molar-refractivity contribution < 1.29 is 14.6 Å². The van der Waals surface area contributed by atoms with E-state index < -0.39 is 5.97 Å². The minimum atomic E-state index is -1.22. The fourth-order valence-corrected chi connectivity index (χ4v) is 1.25. The van der Waals surface area contributed by atoms with Crippen LogP contribution >= 0.6 is 0 Å². The molecule has 0 unspecified atom stereocenters. The van der Waals surface area contributed by atoms with Crippen molar-refractivity contribution in [2.45, 2.75) is 6.61 Å². The van der Waals surface area contributed by atoms with E-state index in [9.17, 15) is 4.79 Å². The van der Waals surface area contributed by atoms with Gasteiger partial charge in [-0.3, -0.25) is 0 Å². The first-order valence-corrected chi connectivity index (χ1v) is 4.60. The van der Waals surface area contributed by atoms with Gasteiger partial charge in [-0.05, 0) is 23.3 Å². The van der Waals surface area contributed by atoms with E-state index in [0.29, 0.717) is 12.2 Å². The molecule has 0 bridgehead atoms. The number of hydrogen-bond donors (Lipinski definition) is 1. The fourth-order valence-electron chi connectivity index (χ4n) is 1.25. The van der Waals surface area contributed by atoms with Gasteiger partial charge < -0.3 is 9.84 Å². The van der Waals surface area contributed by atoms with Crippen molar-refractivity contribution in [1.29, 1.82) is 5.26 Å². The van der Waals surface area contributed by atoms with Crippen LogP contribution in [0.15, 0.2) is 29.8 Å². The predicted octanol–water partition coefficient (Wildman–Crippen LogP) is 1.82. The number of carboxylic acid groups (broad SMARTS) is 1. The van der Waals surface area contributed by atoms with Crippen molar-refractivity contribution in [3.63, 3.8) is 0 Å². The van der Waals surface area contributed by atoms with Crippen molar-refractivity contribution in [3.05, 3.63) is 41.0 Å². The molecule has 16 heavy (non-hydrogen) atoms. The summed E-state index contributed by atoms with van der Waals surface area (Å²) in [7, 11) is 1.58. The molecule has 0 saturated carbocycles. The van der Waals surface area contributed by atoms with Crippen molar-refractivity contribution in [3.8, 4) is 6.07 Å². The van der Waals surface area contributed by atoms with Gasteiger partial charge in [-0.2, -0.15) is 5.26 Å². The summed E-state index contributed by atoms with van der Waals surface area (Å²) >= 11 is 0. The monoisotopic (exact) mass is 217 g/mol. The van der Waals surface area contributed by atoms with Crippen molar-refractivity contribution in [2.24, 2.45) is 0 Å². The molecular weight excluding hydrogens is 206 g/mol. The van der Waals surface area contributed by atoms with Crippen LogP contribution < -0.4 is 0 Å². The van der Waals surface area contributed by atoms with Crippen LogP contribution in [0, 0.1) is 11.3 Å². The van der Waals surface area contributed by atoms with Gasteiger partial charge in [-0.25, -0.2) is 4.79 Å². The lowest BCUT2D eigenvalue weighted by Crippen LogP contribution is -1.97. The zero-order chi connectivity index (χ0) is 12.0. The Balaban J connectivity index is 3.01. The third-order valence-corrected chi connectivity index (χ3v) is 1.92. The van der Waals surface area contributed by atoms with Crippen molar-refractivity contribution in [2.75, 3.05) is 7.11 Å². The number of nitriles is 1. The van der Waals surface area contributed by atoms with Gasteiger partial charge in [0.05, 0.1) is 6.61 Å². The lowest BCUT2D eigenvalue weighted by atomic mass is 10.1. The molecule has 0 fully saturated rings. The quantitative estimate of drug-likeness (QED) is 0.617. The zero-order valence-electron chi connectivity index (χ0n) is 8.80. The minimum Gasteiger partial charge on any atom is -0.477 e. The summed E-state index contributed by atoms with van der Waals surface area (Å²) in [6.45, 7) is 0.455. The minimum absolute atomic E-state index is 0.283. The van der Waals surface area contributed by atoms with Gasteiger partial charge in [0, 0.05) is 7.11 Å². The molecule has 1 rings (SSSR count). The fraction of sp³-hybridized carbons (Fsp3) is 0.167. The van der Waals surface area contributed by atoms with Gasteiger partial charge in [-0.15, -0.1) is 0 Å². The van der Waals surface area contributed by atoms with Crippen LogP contribution in [-0.4, -0.2) is 18.2 Å². The first-order chi connectivity index (χ1) is 7.67. The summed E-state index contributed by atoms with van der Waals surface area (Å²) in [4.78, 5) is 10.6. The third-order valence-electron chi connectivity index (χ3n) is 1.92. The molecular formula is C12H11NO3. The van der Waals surface area contributed by atoms with E-state index in [1.807, 2.05) is 6.07 Å². The number of rotatable bonds is 4. The number of benzene rings is 1. The Kier molecular flexibility index (Phi) is 4.25. The van der Waals surface area contributed by atoms with Gasteiger partial charge in [0.2, 0.25) is 0 Å². The molecule has 1 aromatic carbocycles. The molecule has 0 atom stereocenters. The third kappa shape index (κ3) is 3.23. The van der Waals surface area contributed by atoms with Crippen LogP contribution in [0.25, 0.3) is 6.08 Å². The summed E-state index contributed by atoms with van der Waals surface area (Å²) in [5, 5.41) is 17.3. The number of methoxy groups -OCH3 is 1. The predicted molar refractivity (Wildman–Crippen MR) is 58.4 cm³/mol. The Hall–Kier alpha value is -2.12. The zero-order valence-corrected chi connectivity index (χ0v) is 8.80. The Bertz CT molecular complexity index is 458. The Labute approximate surface area is 93.4 Å². The molecule has 1 N–H and O–H groups in total. The van der Waals surface area contributed by atoms with Crippen molar-refractivity contribution >= 4 is 12.0 Å². The molecule has 0 aliphatic carbocycles. The average Bonchev–Trinajstić information content (AvgIpc) is 2.26. The molecule has 4 nitrogen and oxygen atoms in total. The van der Waals surface area contributed by atoms with Crippen LogP contribution in [0.3, 0.4) is 0 Å². The Morgan fingerprint density at radius 2 is 2.38 bits per heavy atom. The number of nitrogens with zero attached hydrogens (tertiary/aromatic N) is 1. The molecule has 0 spiro atoms. The molecule has 82 valence electrons. The highest BCUT2D eigenvalue weighted by molar-refractivity contribution is 5.96. The van der Waals surface area contributed by atoms with E-state index in [1.165, 1.54) is 6.08 Å². The highest BCUT2D eigenvalue weighted by Crippen LogP contribution is 2.10. The van der Waals surface area contributed by atoms with E-state index in [1.54, 1.807) is 31.4 Å². The maximum Gasteiger partial charge on any atom is 0.346 e. The summed E-state index contributed by atoms with van der Waals surface area (Å²) in [6, 6.07) is 8.81. The maximum atomic E-state index is 10.6. The van der Waals surface area contributed by atoms with Crippen molar-refractivity contribution in [1.82, 2.24) is 0 Å². The number of carboxylic acids is 1. The van der Waals surface area contributed by atoms with Crippen LogP contribution in [0.5, 0.6) is 0 Å². The number of aliphatic carboxylic acids is 1. The topological polar surface area (TPSA) is 70.3 Å². The maximum absolute atomic E-state index is 10.6. The van der Waals surface area contributed by atoms with Gasteiger partial charge in [-0.1, -0.05) is 18.2 Å². The van der Waals surface area contributed by atoms with E-state index in [-0.39, 0.29) is 5.57 Å². The molecule has 0 aliphatic heterocycles. The van der Waals surface area contributed by atoms with Gasteiger partial charge in [0.15, 0.2) is 0 Å². The molecule has 0 radical (unpaired) electrons. The standard InChI is InChI=1S/C12H11NO3/c1-16-8-10-4-2-3-9(5-10)6-11(7-13)12(14)15/h2-6H,8H2,1H3,(H,14,15). The van der Waals surface area contributed by atoms with Gasteiger partial charge in [0.1, 0.15) is 11.6 Å². The average molecular weight is 217 g/mol. The Morgan fingerprint density at radius 1 is 1.62 bits per heavy atom. The lowest BCUT2D eigenvalue weighted by molar-refractivity contribution is -0.132. The van der Waals surface area contributed by atoms with Gasteiger partial charge >= 0.3 is 5.97 Å². The second-order valence-corrected chi connectivity index (χ2v) is 3.15. The normalized spacial score (nSPS) is 10.9. The first kappa shape index (κ1) is 12.0. The summed E-state index contributed by atoms with van der Waals surface area (Å²) in [5.74, 6) is -1.22. The van der Waals surface area contributed by atoms with E-state index in [4.69, 9.17) is 15.1 Å². The summed E-state index contributed by atoms with van der Waals surface area (Å²) < 4.78 is 4.96. The largest absolute Gasteiger partial charge is 0.477 e. The molecule has 0 aliphatic rings. The summed E-state index contributed by atoms with van der Waals surface area (Å²) in [5.41, 5.74) is 1.32. The van der Waals surface area contributed by atoms with Gasteiger partial charge in [0.25, 0.3) is 0 Å². The number of carbonyl (C=O) groups is 1. The van der Waals surface area contributed by atoms with Crippen LogP contribution in [0.2, 0.25) is 0 Å². The van der Waals surface area contributed by atoms with Crippen LogP contribution in [0.1, 0.15) is 11.1 Å². The summed E-state index contributed by atoms with van der Waals surface area (Å²) in [6.07, 6.45) is 1.33. The van der Waals surface area contributed by atoms with E-state index in [0.717, 1.165) is 5.56 Å². The number of ether oxygens (including phenoxy) is 1. The number of hydrogen-bond acceptors (Lipinski definition) is 3. The molecule has 0 amide bonds. The second-order valence-electron chi connectivity index (χ2n) is 3.15.